The molecule has 3 aromatic carbocycles. The first-order valence-corrected chi connectivity index (χ1v) is 7.99. The van der Waals surface area contributed by atoms with Gasteiger partial charge in [-0.25, -0.2) is 0 Å². The van der Waals surface area contributed by atoms with Crippen LogP contribution in [-0.2, 0) is 6.42 Å². The van der Waals surface area contributed by atoms with Gasteiger partial charge in [0.2, 0.25) is 0 Å². The molecule has 4 rings (SSSR count). The second kappa shape index (κ2) is 4.85. The number of rotatable bonds is 1. The predicted molar refractivity (Wildman–Crippen MR) is 94.4 cm³/mol. The van der Waals surface area contributed by atoms with E-state index in [4.69, 9.17) is 0 Å². The van der Waals surface area contributed by atoms with Crippen molar-refractivity contribution in [3.05, 3.63) is 75.8 Å². The van der Waals surface area contributed by atoms with Crippen LogP contribution in [0.25, 0.3) is 28.0 Å². The van der Waals surface area contributed by atoms with E-state index < -0.39 is 0 Å². The molecule has 0 saturated carbocycles. The summed E-state index contributed by atoms with van der Waals surface area (Å²) in [5.41, 5.74) is 6.80. The van der Waals surface area contributed by atoms with Crippen LogP contribution in [0, 0.1) is 0 Å². The summed E-state index contributed by atoms with van der Waals surface area (Å²) in [6.07, 6.45) is 3.35. The molecule has 1 aliphatic rings. The number of hydrogen-bond acceptors (Lipinski definition) is 0. The van der Waals surface area contributed by atoms with Crippen LogP contribution >= 0.6 is 15.9 Å². The summed E-state index contributed by atoms with van der Waals surface area (Å²) in [5.74, 6) is 0. The van der Waals surface area contributed by atoms with Gasteiger partial charge in [0.05, 0.1) is 0 Å². The fourth-order valence-electron chi connectivity index (χ4n) is 3.21. The molecule has 0 N–H and O–H groups in total. The Morgan fingerprint density at radius 1 is 0.952 bits per heavy atom. The van der Waals surface area contributed by atoms with Gasteiger partial charge in [-0.2, -0.15) is 0 Å². The summed E-state index contributed by atoms with van der Waals surface area (Å²) in [4.78, 5) is 0. The summed E-state index contributed by atoms with van der Waals surface area (Å²) in [5, 5.41) is 2.61. The number of benzene rings is 3. The Balaban J connectivity index is 1.96. The third kappa shape index (κ3) is 2.13. The molecule has 0 saturated heterocycles. The van der Waals surface area contributed by atoms with Gasteiger partial charge in [-0.3, -0.25) is 0 Å². The van der Waals surface area contributed by atoms with Crippen molar-refractivity contribution in [1.29, 1.82) is 0 Å². The number of halogens is 1. The van der Waals surface area contributed by atoms with E-state index in [9.17, 15) is 0 Å². The van der Waals surface area contributed by atoms with Gasteiger partial charge < -0.3 is 0 Å². The zero-order valence-corrected chi connectivity index (χ0v) is 13.4. The summed E-state index contributed by atoms with van der Waals surface area (Å²) in [6, 6.07) is 19.7. The van der Waals surface area contributed by atoms with Crippen LogP contribution in [0.3, 0.4) is 0 Å². The van der Waals surface area contributed by atoms with Crippen LogP contribution in [0.1, 0.15) is 18.1 Å². The molecule has 0 radical (unpaired) electrons. The van der Waals surface area contributed by atoms with Crippen molar-refractivity contribution in [3.8, 4) is 11.1 Å². The van der Waals surface area contributed by atoms with E-state index >= 15 is 0 Å². The van der Waals surface area contributed by atoms with Crippen molar-refractivity contribution in [2.45, 2.75) is 13.3 Å². The molecular weight excluding hydrogens is 320 g/mol. The topological polar surface area (TPSA) is 0 Å². The van der Waals surface area contributed by atoms with Gasteiger partial charge in [-0.1, -0.05) is 76.1 Å². The van der Waals surface area contributed by atoms with E-state index in [2.05, 4.69) is 83.5 Å². The average molecular weight is 335 g/mol. The van der Waals surface area contributed by atoms with Gasteiger partial charge in [0, 0.05) is 4.47 Å². The van der Waals surface area contributed by atoms with E-state index in [0.29, 0.717) is 0 Å². The van der Waals surface area contributed by atoms with Crippen molar-refractivity contribution in [2.75, 3.05) is 0 Å². The molecule has 0 aromatic heterocycles. The zero-order chi connectivity index (χ0) is 14.4. The molecule has 0 amide bonds. The fraction of sp³-hybridized carbons (Fsp3) is 0.100. The minimum absolute atomic E-state index is 1.06. The second-order valence-corrected chi connectivity index (χ2v) is 6.58. The SMILES string of the molecule is CC1=Cc2c(Br)cc(-c3cccc4ccccc34)cc2C1. The molecule has 102 valence electrons. The molecule has 3 aromatic rings. The van der Waals surface area contributed by atoms with Crippen LogP contribution in [0.4, 0.5) is 0 Å². The quantitative estimate of drug-likeness (QED) is 0.494. The lowest BCUT2D eigenvalue weighted by molar-refractivity contribution is 1.19. The van der Waals surface area contributed by atoms with Gasteiger partial charge in [0.1, 0.15) is 0 Å². The average Bonchev–Trinajstić information content (AvgIpc) is 2.87. The molecule has 1 heteroatoms. The number of allylic oxidation sites excluding steroid dienone is 1. The Hall–Kier alpha value is -1.86. The Labute approximate surface area is 133 Å². The van der Waals surface area contributed by atoms with Gasteiger partial charge in [0.25, 0.3) is 0 Å². The van der Waals surface area contributed by atoms with Crippen LogP contribution in [0.5, 0.6) is 0 Å². The first-order chi connectivity index (χ1) is 10.2. The van der Waals surface area contributed by atoms with Crippen molar-refractivity contribution in [2.24, 2.45) is 0 Å². The minimum Gasteiger partial charge on any atom is -0.0683 e. The molecule has 0 unspecified atom stereocenters. The molecule has 0 aliphatic heterocycles. The van der Waals surface area contributed by atoms with Crippen molar-refractivity contribution < 1.29 is 0 Å². The normalized spacial score (nSPS) is 13.3. The number of hydrogen-bond donors (Lipinski definition) is 0. The van der Waals surface area contributed by atoms with Crippen molar-refractivity contribution in [1.82, 2.24) is 0 Å². The summed E-state index contributed by atoms with van der Waals surface area (Å²) in [6.45, 7) is 2.20. The summed E-state index contributed by atoms with van der Waals surface area (Å²) < 4.78 is 1.19. The lowest BCUT2D eigenvalue weighted by Gasteiger charge is -2.10. The largest absolute Gasteiger partial charge is 0.0683 e. The first-order valence-electron chi connectivity index (χ1n) is 7.20. The highest BCUT2D eigenvalue weighted by atomic mass is 79.9. The third-order valence-corrected chi connectivity index (χ3v) is 4.83. The molecule has 0 spiro atoms. The van der Waals surface area contributed by atoms with Crippen LogP contribution in [-0.4, -0.2) is 0 Å². The molecule has 0 atom stereocenters. The molecule has 0 bridgehead atoms. The molecule has 0 fully saturated rings. The van der Waals surface area contributed by atoms with Crippen LogP contribution < -0.4 is 0 Å². The minimum atomic E-state index is 1.06. The predicted octanol–water partition coefficient (Wildman–Crippen LogP) is 6.23. The first kappa shape index (κ1) is 12.8. The van der Waals surface area contributed by atoms with Gasteiger partial charge >= 0.3 is 0 Å². The zero-order valence-electron chi connectivity index (χ0n) is 11.9. The molecule has 1 aliphatic carbocycles. The van der Waals surface area contributed by atoms with E-state index in [0.717, 1.165) is 6.42 Å². The number of fused-ring (bicyclic) bond motifs is 2. The van der Waals surface area contributed by atoms with Crippen molar-refractivity contribution >= 4 is 32.8 Å². The lowest BCUT2D eigenvalue weighted by Crippen LogP contribution is -1.88. The lowest BCUT2D eigenvalue weighted by atomic mass is 9.95. The molecule has 0 heterocycles. The maximum Gasteiger partial charge on any atom is 0.0256 e. The molecule has 21 heavy (non-hydrogen) atoms. The molecular formula is C20H15Br. The Morgan fingerprint density at radius 3 is 2.67 bits per heavy atom. The van der Waals surface area contributed by atoms with E-state index in [-0.39, 0.29) is 0 Å². The van der Waals surface area contributed by atoms with E-state index in [1.54, 1.807) is 0 Å². The fourth-order valence-corrected chi connectivity index (χ4v) is 3.83. The highest BCUT2D eigenvalue weighted by molar-refractivity contribution is 9.10. The van der Waals surface area contributed by atoms with E-state index in [1.807, 2.05) is 0 Å². The maximum atomic E-state index is 3.74. The van der Waals surface area contributed by atoms with Gasteiger partial charge in [0.15, 0.2) is 0 Å². The summed E-state index contributed by atoms with van der Waals surface area (Å²) in [7, 11) is 0. The Kier molecular flexibility index (Phi) is 2.97. The highest BCUT2D eigenvalue weighted by Gasteiger charge is 2.15. The van der Waals surface area contributed by atoms with Gasteiger partial charge in [-0.15, -0.1) is 0 Å². The monoisotopic (exact) mass is 334 g/mol. The van der Waals surface area contributed by atoms with E-state index in [1.165, 1.54) is 43.1 Å². The summed E-state index contributed by atoms with van der Waals surface area (Å²) >= 11 is 3.74. The smallest absolute Gasteiger partial charge is 0.0256 e. The van der Waals surface area contributed by atoms with Crippen LogP contribution in [0.2, 0.25) is 0 Å². The van der Waals surface area contributed by atoms with Crippen molar-refractivity contribution in [3.63, 3.8) is 0 Å². The van der Waals surface area contributed by atoms with Crippen LogP contribution in [0.15, 0.2) is 64.6 Å². The Morgan fingerprint density at radius 2 is 1.76 bits per heavy atom. The Bertz CT molecular complexity index is 882. The second-order valence-electron chi connectivity index (χ2n) is 5.73. The highest BCUT2D eigenvalue weighted by Crippen LogP contribution is 2.37. The van der Waals surface area contributed by atoms with Gasteiger partial charge in [-0.05, 0) is 52.4 Å². The molecule has 0 nitrogen and oxygen atoms in total. The third-order valence-electron chi connectivity index (χ3n) is 4.18. The standard InChI is InChI=1S/C20H15Br/c1-13-9-15-11-16(12-20(21)19(15)10-13)18-8-4-6-14-5-2-3-7-17(14)18/h2-8,10-12H,9H2,1H3. The maximum absolute atomic E-state index is 3.74.